The van der Waals surface area contributed by atoms with Gasteiger partial charge in [-0.25, -0.2) is 4.98 Å². The highest BCUT2D eigenvalue weighted by Crippen LogP contribution is 2.31. The summed E-state index contributed by atoms with van der Waals surface area (Å²) in [6.07, 6.45) is 0.882. The molecule has 90 valence electrons. The van der Waals surface area contributed by atoms with Crippen LogP contribution >= 0.6 is 39.2 Å². The van der Waals surface area contributed by atoms with Crippen molar-refractivity contribution in [2.75, 3.05) is 0 Å². The van der Waals surface area contributed by atoms with Gasteiger partial charge in [0.15, 0.2) is 4.34 Å². The van der Waals surface area contributed by atoms with E-state index in [0.717, 1.165) is 31.5 Å². The van der Waals surface area contributed by atoms with Gasteiger partial charge in [0, 0.05) is 22.3 Å². The van der Waals surface area contributed by atoms with Crippen molar-refractivity contribution in [1.29, 1.82) is 0 Å². The predicted molar refractivity (Wildman–Crippen MR) is 75.4 cm³/mol. The molecule has 0 radical (unpaired) electrons. The van der Waals surface area contributed by atoms with Crippen molar-refractivity contribution >= 4 is 39.2 Å². The smallest absolute Gasteiger partial charge is 0.174 e. The first-order chi connectivity index (χ1) is 8.22. The van der Waals surface area contributed by atoms with E-state index in [9.17, 15) is 0 Å². The number of aromatic nitrogens is 2. The highest BCUT2D eigenvalue weighted by molar-refractivity contribution is 9.10. The summed E-state index contributed by atoms with van der Waals surface area (Å²) in [5.41, 5.74) is 6.73. The number of halogens is 1. The fraction of sp³-hybridized carbons (Fsp3) is 0.273. The van der Waals surface area contributed by atoms with Crippen molar-refractivity contribution in [2.24, 2.45) is 5.73 Å². The van der Waals surface area contributed by atoms with Crippen LogP contribution < -0.4 is 5.73 Å². The van der Waals surface area contributed by atoms with Crippen molar-refractivity contribution in [3.63, 3.8) is 0 Å². The Bertz CT molecular complexity index is 513. The Morgan fingerprint density at radius 2 is 2.29 bits per heavy atom. The summed E-state index contributed by atoms with van der Waals surface area (Å²) < 4.78 is 6.29. The maximum Gasteiger partial charge on any atom is 0.174 e. The van der Waals surface area contributed by atoms with E-state index in [1.165, 1.54) is 11.5 Å². The van der Waals surface area contributed by atoms with Gasteiger partial charge >= 0.3 is 0 Å². The minimum atomic E-state index is 0.546. The number of aryl methyl sites for hydroxylation is 1. The third-order valence-corrected chi connectivity index (χ3v) is 4.73. The first-order valence-corrected chi connectivity index (χ1v) is 7.60. The Hall–Kier alpha value is -0.430. The first kappa shape index (κ1) is 13.0. The third-order valence-electron chi connectivity index (χ3n) is 2.22. The molecule has 0 saturated carbocycles. The Balaban J connectivity index is 2.15. The van der Waals surface area contributed by atoms with E-state index in [1.54, 1.807) is 11.8 Å². The lowest BCUT2D eigenvalue weighted by molar-refractivity contribution is 0.971. The minimum Gasteiger partial charge on any atom is -0.326 e. The van der Waals surface area contributed by atoms with E-state index < -0.39 is 0 Å². The Morgan fingerprint density at radius 3 is 2.88 bits per heavy atom. The standard InChI is InChI=1S/C11H12BrN3S2/c1-2-10-14-11(17-15-10)16-8-4-3-7(6-13)9(12)5-8/h3-5H,2,6,13H2,1H3. The molecule has 0 spiro atoms. The molecule has 3 nitrogen and oxygen atoms in total. The van der Waals surface area contributed by atoms with Crippen LogP contribution in [0.3, 0.4) is 0 Å². The van der Waals surface area contributed by atoms with E-state index in [0.29, 0.717) is 6.54 Å². The Kier molecular flexibility index (Phi) is 4.55. The van der Waals surface area contributed by atoms with Crippen LogP contribution in [0, 0.1) is 0 Å². The van der Waals surface area contributed by atoms with Crippen molar-refractivity contribution in [3.8, 4) is 0 Å². The highest BCUT2D eigenvalue weighted by atomic mass is 79.9. The monoisotopic (exact) mass is 329 g/mol. The van der Waals surface area contributed by atoms with Crippen LogP contribution in [-0.4, -0.2) is 9.36 Å². The summed E-state index contributed by atoms with van der Waals surface area (Å²) in [4.78, 5) is 5.57. The average Bonchev–Trinajstić information content (AvgIpc) is 2.77. The van der Waals surface area contributed by atoms with Crippen LogP contribution in [0.1, 0.15) is 18.3 Å². The molecule has 0 atom stereocenters. The van der Waals surface area contributed by atoms with E-state index in [4.69, 9.17) is 5.73 Å². The van der Waals surface area contributed by atoms with Crippen LogP contribution in [0.15, 0.2) is 31.9 Å². The summed E-state index contributed by atoms with van der Waals surface area (Å²) in [5, 5.41) is 0. The van der Waals surface area contributed by atoms with Crippen molar-refractivity contribution in [1.82, 2.24) is 9.36 Å². The molecule has 1 aromatic carbocycles. The summed E-state index contributed by atoms with van der Waals surface area (Å²) in [5.74, 6) is 0.912. The van der Waals surface area contributed by atoms with Gasteiger partial charge in [-0.05, 0) is 29.2 Å². The van der Waals surface area contributed by atoms with Gasteiger partial charge in [-0.15, -0.1) is 0 Å². The normalized spacial score (nSPS) is 10.8. The van der Waals surface area contributed by atoms with Crippen molar-refractivity contribution in [2.45, 2.75) is 29.1 Å². The molecule has 0 saturated heterocycles. The highest BCUT2D eigenvalue weighted by Gasteiger charge is 2.06. The molecule has 0 fully saturated rings. The molecule has 2 N–H and O–H groups in total. The summed E-state index contributed by atoms with van der Waals surface area (Å²) in [6, 6.07) is 6.17. The van der Waals surface area contributed by atoms with Gasteiger partial charge in [0.05, 0.1) is 0 Å². The van der Waals surface area contributed by atoms with Crippen LogP contribution in [0.5, 0.6) is 0 Å². The molecule has 6 heteroatoms. The molecule has 17 heavy (non-hydrogen) atoms. The number of hydrogen-bond acceptors (Lipinski definition) is 5. The van der Waals surface area contributed by atoms with Gasteiger partial charge in [0.1, 0.15) is 5.82 Å². The maximum atomic E-state index is 5.62. The minimum absolute atomic E-state index is 0.546. The second kappa shape index (κ2) is 5.95. The maximum absolute atomic E-state index is 5.62. The topological polar surface area (TPSA) is 51.8 Å². The fourth-order valence-electron chi connectivity index (χ4n) is 1.28. The second-order valence-electron chi connectivity index (χ2n) is 3.39. The van der Waals surface area contributed by atoms with Gasteiger partial charge in [-0.3, -0.25) is 0 Å². The molecule has 0 aliphatic heterocycles. The molecule has 0 unspecified atom stereocenters. The van der Waals surface area contributed by atoms with Crippen LogP contribution in [0.4, 0.5) is 0 Å². The Labute approximate surface area is 117 Å². The largest absolute Gasteiger partial charge is 0.326 e. The van der Waals surface area contributed by atoms with Crippen LogP contribution in [0.2, 0.25) is 0 Å². The quantitative estimate of drug-likeness (QED) is 0.933. The molecular formula is C11H12BrN3S2. The van der Waals surface area contributed by atoms with Crippen molar-refractivity contribution < 1.29 is 0 Å². The van der Waals surface area contributed by atoms with Crippen LogP contribution in [-0.2, 0) is 13.0 Å². The zero-order valence-electron chi connectivity index (χ0n) is 9.31. The van der Waals surface area contributed by atoms with Crippen molar-refractivity contribution in [3.05, 3.63) is 34.1 Å². The Morgan fingerprint density at radius 1 is 1.47 bits per heavy atom. The zero-order valence-corrected chi connectivity index (χ0v) is 12.5. The molecule has 1 aromatic heterocycles. The van der Waals surface area contributed by atoms with Gasteiger partial charge in [-0.1, -0.05) is 40.7 Å². The van der Waals surface area contributed by atoms with E-state index in [2.05, 4.69) is 44.3 Å². The summed E-state index contributed by atoms with van der Waals surface area (Å²) >= 11 is 6.59. The molecular weight excluding hydrogens is 318 g/mol. The molecule has 2 aromatic rings. The third kappa shape index (κ3) is 3.28. The zero-order chi connectivity index (χ0) is 12.3. The number of rotatable bonds is 4. The molecule has 2 rings (SSSR count). The lowest BCUT2D eigenvalue weighted by atomic mass is 10.2. The number of hydrogen-bond donors (Lipinski definition) is 1. The fourth-order valence-corrected chi connectivity index (χ4v) is 3.69. The van der Waals surface area contributed by atoms with E-state index in [1.807, 2.05) is 6.07 Å². The SMILES string of the molecule is CCc1nsc(Sc2ccc(CN)c(Br)c2)n1. The lowest BCUT2D eigenvalue weighted by Crippen LogP contribution is -1.96. The van der Waals surface area contributed by atoms with Gasteiger partial charge < -0.3 is 5.73 Å². The van der Waals surface area contributed by atoms with Gasteiger partial charge in [-0.2, -0.15) is 4.37 Å². The molecule has 0 bridgehead atoms. The first-order valence-electron chi connectivity index (χ1n) is 5.22. The average molecular weight is 330 g/mol. The second-order valence-corrected chi connectivity index (χ2v) is 6.32. The molecule has 0 amide bonds. The number of nitrogens with two attached hydrogens (primary N) is 1. The van der Waals surface area contributed by atoms with Gasteiger partial charge in [0.25, 0.3) is 0 Å². The lowest BCUT2D eigenvalue weighted by Gasteiger charge is -2.03. The van der Waals surface area contributed by atoms with Crippen LogP contribution in [0.25, 0.3) is 0 Å². The van der Waals surface area contributed by atoms with E-state index >= 15 is 0 Å². The summed E-state index contributed by atoms with van der Waals surface area (Å²) in [7, 11) is 0. The molecule has 0 aliphatic rings. The predicted octanol–water partition coefficient (Wildman–Crippen LogP) is 3.47. The van der Waals surface area contributed by atoms with Gasteiger partial charge in [0.2, 0.25) is 0 Å². The summed E-state index contributed by atoms with van der Waals surface area (Å²) in [6.45, 7) is 2.60. The van der Waals surface area contributed by atoms with E-state index in [-0.39, 0.29) is 0 Å². The molecule has 0 aliphatic carbocycles. The number of nitrogens with zero attached hydrogens (tertiary/aromatic N) is 2. The molecule has 1 heterocycles. The number of benzene rings is 1.